The molecule has 1 unspecified atom stereocenters. The van der Waals surface area contributed by atoms with Gasteiger partial charge in [-0.3, -0.25) is 9.79 Å². The van der Waals surface area contributed by atoms with Crippen molar-refractivity contribution in [2.45, 2.75) is 40.2 Å². The summed E-state index contributed by atoms with van der Waals surface area (Å²) in [5.41, 5.74) is 0.397. The maximum absolute atomic E-state index is 12.9. The van der Waals surface area contributed by atoms with Crippen LogP contribution in [0, 0.1) is 17.1 Å². The Morgan fingerprint density at radius 1 is 1.42 bits per heavy atom. The van der Waals surface area contributed by atoms with E-state index in [4.69, 9.17) is 5.41 Å². The van der Waals surface area contributed by atoms with E-state index in [1.54, 1.807) is 18.3 Å². The molecule has 5 nitrogen and oxygen atoms in total. The summed E-state index contributed by atoms with van der Waals surface area (Å²) in [5, 5.41) is 20.1. The van der Waals surface area contributed by atoms with Crippen molar-refractivity contribution in [1.29, 1.82) is 5.41 Å². The summed E-state index contributed by atoms with van der Waals surface area (Å²) < 4.78 is 12.9. The van der Waals surface area contributed by atoms with Crippen LogP contribution in [0.1, 0.15) is 39.2 Å². The van der Waals surface area contributed by atoms with E-state index >= 15 is 0 Å². The molecule has 0 spiro atoms. The zero-order valence-electron chi connectivity index (χ0n) is 14.3. The summed E-state index contributed by atoms with van der Waals surface area (Å²) in [7, 11) is 0. The Hall–Kier alpha value is -2.50. The summed E-state index contributed by atoms with van der Waals surface area (Å²) >= 11 is 0. The van der Waals surface area contributed by atoms with Crippen molar-refractivity contribution in [3.8, 4) is 0 Å². The number of aliphatic imine (C=N–C) groups is 1. The lowest BCUT2D eigenvalue weighted by Gasteiger charge is -2.09. The molecule has 24 heavy (non-hydrogen) atoms. The Balaban J connectivity index is 2.86. The number of aliphatic hydroxyl groups excluding tert-OH is 1. The van der Waals surface area contributed by atoms with E-state index in [0.29, 0.717) is 0 Å². The van der Waals surface area contributed by atoms with E-state index < -0.39 is 11.7 Å². The van der Waals surface area contributed by atoms with Crippen LogP contribution in [0.4, 0.5) is 4.39 Å². The minimum absolute atomic E-state index is 0.137. The van der Waals surface area contributed by atoms with Crippen molar-refractivity contribution in [3.63, 3.8) is 0 Å². The number of nitrogens with zero attached hydrogens (tertiary/aromatic N) is 1. The van der Waals surface area contributed by atoms with Crippen LogP contribution in [0.15, 0.2) is 40.7 Å². The predicted molar refractivity (Wildman–Crippen MR) is 93.9 cm³/mol. The van der Waals surface area contributed by atoms with E-state index in [0.717, 1.165) is 18.4 Å². The Labute approximate surface area is 141 Å². The lowest BCUT2D eigenvalue weighted by molar-refractivity contribution is -0.117. The van der Waals surface area contributed by atoms with Crippen molar-refractivity contribution in [3.05, 3.63) is 47.1 Å². The zero-order valence-corrected chi connectivity index (χ0v) is 14.3. The number of amides is 1. The molecule has 1 aromatic carbocycles. The normalized spacial score (nSPS) is 13.5. The average Bonchev–Trinajstić information content (AvgIpc) is 2.54. The Morgan fingerprint density at radius 2 is 2.04 bits per heavy atom. The Bertz CT molecular complexity index is 636. The minimum atomic E-state index is -0.580. The number of hydrogen-bond donors (Lipinski definition) is 3. The van der Waals surface area contributed by atoms with Gasteiger partial charge in [0.15, 0.2) is 11.5 Å². The fraction of sp³-hybridized carbons (Fsp3) is 0.389. The van der Waals surface area contributed by atoms with Gasteiger partial charge in [-0.2, -0.15) is 0 Å². The van der Waals surface area contributed by atoms with Crippen LogP contribution in [-0.2, 0) is 11.3 Å². The maximum Gasteiger partial charge on any atom is 0.274 e. The second kappa shape index (κ2) is 9.60. The number of carbonyl (C=O) groups excluding carboxylic acids is 1. The molecule has 0 aromatic heterocycles. The monoisotopic (exact) mass is 333 g/mol. The quantitative estimate of drug-likeness (QED) is 0.384. The van der Waals surface area contributed by atoms with E-state index in [1.807, 2.05) is 6.92 Å². The van der Waals surface area contributed by atoms with Gasteiger partial charge in [-0.15, -0.1) is 0 Å². The van der Waals surface area contributed by atoms with Gasteiger partial charge in [0, 0.05) is 12.8 Å². The third-order valence-corrected chi connectivity index (χ3v) is 3.36. The summed E-state index contributed by atoms with van der Waals surface area (Å²) in [6.45, 7) is 5.58. The van der Waals surface area contributed by atoms with Crippen molar-refractivity contribution >= 4 is 17.8 Å². The van der Waals surface area contributed by atoms with Gasteiger partial charge < -0.3 is 15.8 Å². The number of rotatable bonds is 8. The largest absolute Gasteiger partial charge is 0.504 e. The molecule has 6 heteroatoms. The van der Waals surface area contributed by atoms with Crippen LogP contribution in [0.3, 0.4) is 0 Å². The Kier molecular flexibility index (Phi) is 7.82. The number of allylic oxidation sites excluding steroid dienone is 1. The molecule has 0 bridgehead atoms. The Morgan fingerprint density at radius 3 is 2.58 bits per heavy atom. The molecular weight excluding hydrogens is 309 g/mol. The van der Waals surface area contributed by atoms with Crippen LogP contribution in [0.25, 0.3) is 0 Å². The van der Waals surface area contributed by atoms with E-state index in [1.165, 1.54) is 19.1 Å². The minimum Gasteiger partial charge on any atom is -0.504 e. The molecule has 0 fully saturated rings. The highest BCUT2D eigenvalue weighted by atomic mass is 19.1. The molecule has 1 rings (SSSR count). The van der Waals surface area contributed by atoms with Crippen molar-refractivity contribution < 1.29 is 14.3 Å². The van der Waals surface area contributed by atoms with Crippen molar-refractivity contribution in [2.24, 2.45) is 10.9 Å². The molecule has 1 aromatic rings. The highest BCUT2D eigenvalue weighted by Gasteiger charge is 2.16. The van der Waals surface area contributed by atoms with Crippen molar-refractivity contribution in [2.75, 3.05) is 0 Å². The molecule has 0 saturated carbocycles. The molecule has 0 radical (unpaired) electrons. The van der Waals surface area contributed by atoms with Gasteiger partial charge in [-0.25, -0.2) is 4.39 Å². The number of aliphatic hydroxyl groups is 1. The first-order valence-corrected chi connectivity index (χ1v) is 7.90. The number of carbonyl (C=O) groups is 1. The molecule has 1 atom stereocenters. The third-order valence-electron chi connectivity index (χ3n) is 3.36. The molecule has 0 saturated heterocycles. The van der Waals surface area contributed by atoms with Gasteiger partial charge in [-0.05, 0) is 37.0 Å². The predicted octanol–water partition coefficient (Wildman–Crippen LogP) is 3.76. The fourth-order valence-electron chi connectivity index (χ4n) is 2.00. The van der Waals surface area contributed by atoms with Crippen LogP contribution < -0.4 is 5.32 Å². The lowest BCUT2D eigenvalue weighted by Crippen LogP contribution is -2.26. The van der Waals surface area contributed by atoms with Crippen LogP contribution >= 0.6 is 0 Å². The number of hydrogen-bond acceptors (Lipinski definition) is 4. The summed E-state index contributed by atoms with van der Waals surface area (Å²) in [4.78, 5) is 16.4. The van der Waals surface area contributed by atoms with E-state index in [2.05, 4.69) is 17.2 Å². The van der Waals surface area contributed by atoms with Gasteiger partial charge in [0.2, 0.25) is 0 Å². The number of benzene rings is 1. The first-order chi connectivity index (χ1) is 11.3. The first-order valence-electron chi connectivity index (χ1n) is 7.90. The molecule has 0 heterocycles. The zero-order chi connectivity index (χ0) is 18.1. The average molecular weight is 333 g/mol. The molecule has 1 amide bonds. The molecular formula is C18H24FN3O2. The van der Waals surface area contributed by atoms with Crippen LogP contribution in [0.5, 0.6) is 0 Å². The maximum atomic E-state index is 12.9. The molecule has 0 aliphatic rings. The smallest absolute Gasteiger partial charge is 0.274 e. The second-order valence-corrected chi connectivity index (χ2v) is 5.68. The first kappa shape index (κ1) is 19.5. The summed E-state index contributed by atoms with van der Waals surface area (Å²) in [6.07, 6.45) is 3.51. The van der Waals surface area contributed by atoms with Gasteiger partial charge >= 0.3 is 0 Å². The third kappa shape index (κ3) is 6.32. The highest BCUT2D eigenvalue weighted by molar-refractivity contribution is 6.04. The van der Waals surface area contributed by atoms with E-state index in [-0.39, 0.29) is 29.7 Å². The van der Waals surface area contributed by atoms with Gasteiger partial charge in [0.25, 0.3) is 5.91 Å². The highest BCUT2D eigenvalue weighted by Crippen LogP contribution is 2.09. The standard InChI is InChI=1S/C18H24FN3O2/c1-4-5-12(2)10-21-16(17(23)13(3)20)18(24)22-11-14-6-8-15(19)9-7-14/h6-10,12,20,23H,4-5,11H2,1-3H3,(H,22,24)/b17-16+,20-13?,21-10-. The molecule has 3 N–H and O–H groups in total. The fourth-order valence-corrected chi connectivity index (χ4v) is 2.00. The van der Waals surface area contributed by atoms with Gasteiger partial charge in [0.05, 0.1) is 5.71 Å². The van der Waals surface area contributed by atoms with Crippen LogP contribution in [0.2, 0.25) is 0 Å². The number of halogens is 1. The second-order valence-electron chi connectivity index (χ2n) is 5.68. The summed E-state index contributed by atoms with van der Waals surface area (Å²) in [5.74, 6) is -1.22. The summed E-state index contributed by atoms with van der Waals surface area (Å²) in [6, 6.07) is 5.74. The number of nitrogens with one attached hydrogen (secondary N) is 2. The molecule has 0 aliphatic carbocycles. The topological polar surface area (TPSA) is 85.5 Å². The molecule has 0 aliphatic heterocycles. The molecule has 130 valence electrons. The SMILES string of the molecule is CCCC(C)/C=N\C(C(=O)NCc1ccc(F)cc1)=C(\O)C(C)=N. The van der Waals surface area contributed by atoms with Gasteiger partial charge in [-0.1, -0.05) is 32.4 Å². The van der Waals surface area contributed by atoms with Crippen molar-refractivity contribution in [1.82, 2.24) is 5.32 Å². The van der Waals surface area contributed by atoms with Crippen LogP contribution in [-0.4, -0.2) is 22.9 Å². The lowest BCUT2D eigenvalue weighted by atomic mass is 10.1. The van der Waals surface area contributed by atoms with Gasteiger partial charge in [0.1, 0.15) is 5.82 Å². The van der Waals surface area contributed by atoms with E-state index in [9.17, 15) is 14.3 Å².